The van der Waals surface area contributed by atoms with E-state index in [9.17, 15) is 10.1 Å². The van der Waals surface area contributed by atoms with Crippen molar-refractivity contribution in [2.45, 2.75) is 0 Å². The van der Waals surface area contributed by atoms with Gasteiger partial charge in [0.25, 0.3) is 0 Å². The molecule has 8 nitrogen and oxygen atoms in total. The van der Waals surface area contributed by atoms with Gasteiger partial charge in [0.2, 0.25) is 11.6 Å². The van der Waals surface area contributed by atoms with E-state index in [0.29, 0.717) is 0 Å². The Balaban J connectivity index is 3.29. The molecule has 13 heavy (non-hydrogen) atoms. The van der Waals surface area contributed by atoms with E-state index in [1.807, 2.05) is 0 Å². The maximum Gasteiger partial charge on any atom is 0.354 e. The van der Waals surface area contributed by atoms with Crippen LogP contribution in [0.4, 0.5) is 17.3 Å². The van der Waals surface area contributed by atoms with Gasteiger partial charge in [-0.05, 0) is 0 Å². The number of nitrogen functional groups attached to an aromatic ring is 1. The SMILES string of the molecule is CNc1ncnc(NN)c1[N+](=O)[O-]. The normalized spacial score (nSPS) is 9.38. The van der Waals surface area contributed by atoms with Gasteiger partial charge in [-0.2, -0.15) is 0 Å². The smallest absolute Gasteiger partial charge is 0.354 e. The molecule has 0 radical (unpaired) electrons. The van der Waals surface area contributed by atoms with Crippen molar-refractivity contribution in [2.24, 2.45) is 5.84 Å². The average molecular weight is 184 g/mol. The van der Waals surface area contributed by atoms with Crippen LogP contribution in [0.1, 0.15) is 0 Å². The number of hydrogen-bond acceptors (Lipinski definition) is 7. The molecule has 0 spiro atoms. The van der Waals surface area contributed by atoms with Crippen molar-refractivity contribution in [3.05, 3.63) is 16.4 Å². The fraction of sp³-hybridized carbons (Fsp3) is 0.200. The van der Waals surface area contributed by atoms with Crippen LogP contribution in [0.25, 0.3) is 0 Å². The summed E-state index contributed by atoms with van der Waals surface area (Å²) in [7, 11) is 1.52. The lowest BCUT2D eigenvalue weighted by molar-refractivity contribution is -0.383. The number of nitrogens with one attached hydrogen (secondary N) is 2. The van der Waals surface area contributed by atoms with Crippen LogP contribution in [-0.2, 0) is 0 Å². The molecule has 0 atom stereocenters. The average Bonchev–Trinajstić information content (AvgIpc) is 2.16. The Kier molecular flexibility index (Phi) is 2.55. The van der Waals surface area contributed by atoms with E-state index in [-0.39, 0.29) is 17.3 Å². The van der Waals surface area contributed by atoms with Crippen LogP contribution in [0.3, 0.4) is 0 Å². The fourth-order valence-corrected chi connectivity index (χ4v) is 0.840. The van der Waals surface area contributed by atoms with Crippen molar-refractivity contribution in [1.82, 2.24) is 9.97 Å². The third-order valence-electron chi connectivity index (χ3n) is 1.38. The monoisotopic (exact) mass is 184 g/mol. The molecule has 0 unspecified atom stereocenters. The van der Waals surface area contributed by atoms with Gasteiger partial charge in [0.1, 0.15) is 6.33 Å². The molecular weight excluding hydrogens is 176 g/mol. The zero-order valence-corrected chi connectivity index (χ0v) is 6.81. The second-order valence-electron chi connectivity index (χ2n) is 2.07. The molecule has 0 aliphatic rings. The van der Waals surface area contributed by atoms with E-state index in [0.717, 1.165) is 0 Å². The number of rotatable bonds is 3. The summed E-state index contributed by atoms with van der Waals surface area (Å²) in [6.07, 6.45) is 1.17. The Morgan fingerprint density at radius 1 is 1.54 bits per heavy atom. The van der Waals surface area contributed by atoms with Gasteiger partial charge in [-0.1, -0.05) is 0 Å². The van der Waals surface area contributed by atoms with Crippen LogP contribution in [0, 0.1) is 10.1 Å². The summed E-state index contributed by atoms with van der Waals surface area (Å²) < 4.78 is 0. The van der Waals surface area contributed by atoms with E-state index in [1.54, 1.807) is 0 Å². The topological polar surface area (TPSA) is 119 Å². The van der Waals surface area contributed by atoms with Crippen LogP contribution < -0.4 is 16.6 Å². The number of hydrazine groups is 1. The molecule has 0 saturated heterocycles. The minimum absolute atomic E-state index is 0.0237. The van der Waals surface area contributed by atoms with Gasteiger partial charge >= 0.3 is 5.69 Å². The van der Waals surface area contributed by atoms with Crippen LogP contribution in [-0.4, -0.2) is 21.9 Å². The van der Waals surface area contributed by atoms with Crippen LogP contribution in [0.15, 0.2) is 6.33 Å². The Labute approximate surface area is 73.3 Å². The molecule has 0 aliphatic heterocycles. The molecule has 0 amide bonds. The van der Waals surface area contributed by atoms with Gasteiger partial charge in [-0.25, -0.2) is 15.8 Å². The highest BCUT2D eigenvalue weighted by atomic mass is 16.6. The molecule has 0 aromatic carbocycles. The summed E-state index contributed by atoms with van der Waals surface area (Å²) >= 11 is 0. The minimum Gasteiger partial charge on any atom is -0.367 e. The van der Waals surface area contributed by atoms with Gasteiger partial charge in [0.05, 0.1) is 4.92 Å². The number of nitrogens with two attached hydrogens (primary N) is 1. The zero-order valence-electron chi connectivity index (χ0n) is 6.81. The molecule has 0 aliphatic carbocycles. The van der Waals surface area contributed by atoms with E-state index in [2.05, 4.69) is 20.7 Å². The molecule has 1 heterocycles. The highest BCUT2D eigenvalue weighted by Gasteiger charge is 2.20. The van der Waals surface area contributed by atoms with Crippen molar-refractivity contribution >= 4 is 17.3 Å². The van der Waals surface area contributed by atoms with Crippen molar-refractivity contribution < 1.29 is 4.92 Å². The van der Waals surface area contributed by atoms with E-state index >= 15 is 0 Å². The Morgan fingerprint density at radius 3 is 2.62 bits per heavy atom. The van der Waals surface area contributed by atoms with Crippen molar-refractivity contribution in [3.63, 3.8) is 0 Å². The molecule has 0 fully saturated rings. The molecular formula is C5H8N6O2. The third kappa shape index (κ3) is 1.62. The van der Waals surface area contributed by atoms with Gasteiger partial charge in [0, 0.05) is 7.05 Å². The summed E-state index contributed by atoms with van der Waals surface area (Å²) in [4.78, 5) is 17.2. The molecule has 0 saturated carbocycles. The fourth-order valence-electron chi connectivity index (χ4n) is 0.840. The largest absolute Gasteiger partial charge is 0.367 e. The number of nitro groups is 1. The Hall–Kier alpha value is -1.96. The van der Waals surface area contributed by atoms with Crippen LogP contribution >= 0.6 is 0 Å². The van der Waals surface area contributed by atoms with E-state index in [4.69, 9.17) is 5.84 Å². The first-order valence-electron chi connectivity index (χ1n) is 3.34. The maximum atomic E-state index is 10.6. The Bertz CT molecular complexity index is 305. The molecule has 4 N–H and O–H groups in total. The molecule has 1 rings (SSSR count). The lowest BCUT2D eigenvalue weighted by Gasteiger charge is -2.03. The van der Waals surface area contributed by atoms with Crippen LogP contribution in [0.2, 0.25) is 0 Å². The Morgan fingerprint density at radius 2 is 2.15 bits per heavy atom. The summed E-state index contributed by atoms with van der Waals surface area (Å²) in [5.41, 5.74) is 1.85. The molecule has 8 heteroatoms. The van der Waals surface area contributed by atoms with Crippen molar-refractivity contribution in [1.29, 1.82) is 0 Å². The quantitative estimate of drug-likeness (QED) is 0.335. The molecule has 1 aromatic heterocycles. The minimum atomic E-state index is -0.610. The summed E-state index contributed by atoms with van der Waals surface area (Å²) in [6.45, 7) is 0. The zero-order chi connectivity index (χ0) is 9.84. The predicted molar refractivity (Wildman–Crippen MR) is 46.0 cm³/mol. The second-order valence-corrected chi connectivity index (χ2v) is 2.07. The number of aromatic nitrogens is 2. The second kappa shape index (κ2) is 3.63. The first kappa shape index (κ1) is 9.13. The number of anilines is 2. The van der Waals surface area contributed by atoms with Gasteiger partial charge in [-0.15, -0.1) is 0 Å². The van der Waals surface area contributed by atoms with Gasteiger partial charge in [0.15, 0.2) is 0 Å². The first-order chi connectivity index (χ1) is 6.20. The summed E-state index contributed by atoms with van der Waals surface area (Å²) in [5.74, 6) is 5.13. The summed E-state index contributed by atoms with van der Waals surface area (Å²) in [5, 5.41) is 13.1. The lowest BCUT2D eigenvalue weighted by atomic mass is 10.4. The number of nitrogens with zero attached hydrogens (tertiary/aromatic N) is 3. The first-order valence-corrected chi connectivity index (χ1v) is 3.34. The standard InChI is InChI=1S/C5H8N6O2/c1-7-4-3(11(12)13)5(10-6)9-2-8-4/h2H,6H2,1H3,(H2,7,8,9,10). The van der Waals surface area contributed by atoms with Crippen molar-refractivity contribution in [3.8, 4) is 0 Å². The molecule has 0 bridgehead atoms. The predicted octanol–water partition coefficient (Wildman–Crippen LogP) is -0.288. The molecule has 70 valence electrons. The third-order valence-corrected chi connectivity index (χ3v) is 1.38. The highest BCUT2D eigenvalue weighted by molar-refractivity contribution is 5.68. The summed E-state index contributed by atoms with van der Waals surface area (Å²) in [6, 6.07) is 0. The number of hydrogen-bond donors (Lipinski definition) is 3. The van der Waals surface area contributed by atoms with Crippen molar-refractivity contribution in [2.75, 3.05) is 17.8 Å². The highest BCUT2D eigenvalue weighted by Crippen LogP contribution is 2.27. The van der Waals surface area contributed by atoms with E-state index in [1.165, 1.54) is 13.4 Å². The lowest BCUT2D eigenvalue weighted by Crippen LogP contribution is -2.12. The van der Waals surface area contributed by atoms with Gasteiger partial charge < -0.3 is 10.7 Å². The van der Waals surface area contributed by atoms with Gasteiger partial charge in [-0.3, -0.25) is 10.1 Å². The maximum absolute atomic E-state index is 10.6. The van der Waals surface area contributed by atoms with Crippen LogP contribution in [0.5, 0.6) is 0 Å². The van der Waals surface area contributed by atoms with E-state index < -0.39 is 4.92 Å². The molecule has 1 aromatic rings.